The summed E-state index contributed by atoms with van der Waals surface area (Å²) in [5, 5.41) is 7.40. The van der Waals surface area contributed by atoms with E-state index < -0.39 is 18.0 Å². The molecule has 130 valence electrons. The molecule has 0 aliphatic rings. The molecule has 0 aliphatic carbocycles. The summed E-state index contributed by atoms with van der Waals surface area (Å²) in [5.74, 6) is 0. The highest BCUT2D eigenvalue weighted by atomic mass is 16.7. The van der Waals surface area contributed by atoms with Crippen molar-refractivity contribution in [3.05, 3.63) is 40.8 Å². The Morgan fingerprint density at radius 1 is 1.17 bits per heavy atom. The Morgan fingerprint density at radius 3 is 2.33 bits per heavy atom. The van der Waals surface area contributed by atoms with Crippen LogP contribution in [-0.4, -0.2) is 52.4 Å². The van der Waals surface area contributed by atoms with Gasteiger partial charge in [0.25, 0.3) is 0 Å². The minimum absolute atomic E-state index is 0.0339. The summed E-state index contributed by atoms with van der Waals surface area (Å²) in [6, 6.07) is 8.34. The van der Waals surface area contributed by atoms with Crippen LogP contribution in [0.25, 0.3) is 0 Å². The van der Waals surface area contributed by atoms with E-state index in [0.29, 0.717) is 5.69 Å². The molecule has 1 aromatic carbocycles. The Bertz CT molecular complexity index is 721. The summed E-state index contributed by atoms with van der Waals surface area (Å²) in [6.45, 7) is 3.74. The number of methoxy groups -OCH3 is 2. The topological polar surface area (TPSA) is 91.5 Å². The van der Waals surface area contributed by atoms with Gasteiger partial charge in [-0.3, -0.25) is 4.90 Å². The summed E-state index contributed by atoms with van der Waals surface area (Å²) in [6.07, 6.45) is -0.654. The molecule has 2 aromatic rings. The second-order valence-corrected chi connectivity index (χ2v) is 5.34. The lowest BCUT2D eigenvalue weighted by Crippen LogP contribution is -2.45. The largest absolute Gasteiger partial charge is 0.372 e. The van der Waals surface area contributed by atoms with Gasteiger partial charge in [0.15, 0.2) is 6.29 Å². The molecular formula is C15H21N5O4. The molecule has 0 N–H and O–H groups in total. The summed E-state index contributed by atoms with van der Waals surface area (Å²) in [7, 11) is 2.90. The number of rotatable bonds is 6. The van der Waals surface area contributed by atoms with Crippen molar-refractivity contribution >= 4 is 11.7 Å². The minimum atomic E-state index is -0.654. The highest BCUT2D eigenvalue weighted by Crippen LogP contribution is 2.17. The summed E-state index contributed by atoms with van der Waals surface area (Å²) in [4.78, 5) is 26.6. The number of para-hydroxylation sites is 1. The van der Waals surface area contributed by atoms with Crippen molar-refractivity contribution < 1.29 is 14.3 Å². The van der Waals surface area contributed by atoms with Crippen molar-refractivity contribution in [1.29, 1.82) is 0 Å². The van der Waals surface area contributed by atoms with Crippen LogP contribution in [0.5, 0.6) is 0 Å². The number of benzene rings is 1. The van der Waals surface area contributed by atoms with Gasteiger partial charge in [-0.2, -0.15) is 4.68 Å². The maximum absolute atomic E-state index is 12.8. The number of aromatic nitrogens is 4. The first kappa shape index (κ1) is 17.8. The first-order valence-corrected chi connectivity index (χ1v) is 7.46. The van der Waals surface area contributed by atoms with Gasteiger partial charge in [-0.05, 0) is 36.4 Å². The van der Waals surface area contributed by atoms with Crippen LogP contribution in [0.2, 0.25) is 0 Å². The predicted molar refractivity (Wildman–Crippen MR) is 86.9 cm³/mol. The maximum atomic E-state index is 12.8. The molecule has 1 amide bonds. The lowest BCUT2D eigenvalue weighted by Gasteiger charge is -2.25. The van der Waals surface area contributed by atoms with E-state index in [2.05, 4.69) is 10.4 Å². The molecule has 0 saturated heterocycles. The number of carbonyl (C=O) groups excluding carboxylic acids is 1. The number of amides is 1. The van der Waals surface area contributed by atoms with Gasteiger partial charge in [-0.1, -0.05) is 18.2 Å². The fraction of sp³-hybridized carbons (Fsp3) is 0.467. The minimum Gasteiger partial charge on any atom is -0.354 e. The molecule has 0 bridgehead atoms. The van der Waals surface area contributed by atoms with E-state index in [0.717, 1.165) is 9.36 Å². The molecule has 2 rings (SSSR count). The number of carbonyl (C=O) groups is 1. The fourth-order valence-corrected chi connectivity index (χ4v) is 2.22. The quantitative estimate of drug-likeness (QED) is 0.576. The van der Waals surface area contributed by atoms with E-state index in [-0.39, 0.29) is 12.6 Å². The van der Waals surface area contributed by atoms with Gasteiger partial charge in [-0.25, -0.2) is 9.59 Å². The smallest absolute Gasteiger partial charge is 0.354 e. The van der Waals surface area contributed by atoms with E-state index in [1.54, 1.807) is 12.1 Å². The maximum Gasteiger partial charge on any atom is 0.372 e. The Hall–Kier alpha value is -2.52. The third kappa shape index (κ3) is 3.69. The second kappa shape index (κ2) is 7.84. The summed E-state index contributed by atoms with van der Waals surface area (Å²) in [5.41, 5.74) is 0.0197. The molecule has 0 spiro atoms. The van der Waals surface area contributed by atoms with E-state index in [1.165, 1.54) is 19.1 Å². The van der Waals surface area contributed by atoms with Crippen LogP contribution in [0.3, 0.4) is 0 Å². The zero-order chi connectivity index (χ0) is 17.7. The van der Waals surface area contributed by atoms with Crippen molar-refractivity contribution in [1.82, 2.24) is 19.8 Å². The highest BCUT2D eigenvalue weighted by Gasteiger charge is 2.25. The molecule has 0 aliphatic heterocycles. The van der Waals surface area contributed by atoms with Crippen LogP contribution in [-0.2, 0) is 16.0 Å². The first-order chi connectivity index (χ1) is 11.5. The van der Waals surface area contributed by atoms with Gasteiger partial charge in [0.05, 0.1) is 6.54 Å². The zero-order valence-electron chi connectivity index (χ0n) is 14.1. The van der Waals surface area contributed by atoms with Crippen molar-refractivity contribution in [2.24, 2.45) is 0 Å². The number of ether oxygens (including phenoxy) is 2. The van der Waals surface area contributed by atoms with Crippen LogP contribution < -0.4 is 10.6 Å². The molecule has 9 heteroatoms. The Kier molecular flexibility index (Phi) is 5.83. The molecule has 0 fully saturated rings. The van der Waals surface area contributed by atoms with Crippen LogP contribution in [0, 0.1) is 0 Å². The predicted octanol–water partition coefficient (Wildman–Crippen LogP) is 0.942. The molecule has 24 heavy (non-hydrogen) atoms. The van der Waals surface area contributed by atoms with E-state index >= 15 is 0 Å². The second-order valence-electron chi connectivity index (χ2n) is 5.34. The van der Waals surface area contributed by atoms with Crippen LogP contribution in [0.1, 0.15) is 13.8 Å². The number of hydrogen-bond donors (Lipinski definition) is 0. The third-order valence-electron chi connectivity index (χ3n) is 3.43. The molecule has 0 radical (unpaired) electrons. The van der Waals surface area contributed by atoms with E-state index in [9.17, 15) is 9.59 Å². The average molecular weight is 335 g/mol. The monoisotopic (exact) mass is 335 g/mol. The van der Waals surface area contributed by atoms with E-state index in [4.69, 9.17) is 9.47 Å². The molecule has 1 heterocycles. The Labute approximate surface area is 139 Å². The molecule has 0 atom stereocenters. The van der Waals surface area contributed by atoms with Crippen molar-refractivity contribution in [2.45, 2.75) is 32.7 Å². The van der Waals surface area contributed by atoms with Crippen molar-refractivity contribution in [2.75, 3.05) is 19.1 Å². The first-order valence-electron chi connectivity index (χ1n) is 7.46. The van der Waals surface area contributed by atoms with Crippen LogP contribution in [0.15, 0.2) is 35.1 Å². The lowest BCUT2D eigenvalue weighted by molar-refractivity contribution is -0.113. The zero-order valence-corrected chi connectivity index (χ0v) is 14.1. The Morgan fingerprint density at radius 2 is 1.79 bits per heavy atom. The molecule has 0 unspecified atom stereocenters. The molecule has 0 saturated carbocycles. The molecular weight excluding hydrogens is 314 g/mol. The number of nitrogens with zero attached hydrogens (tertiary/aromatic N) is 5. The highest BCUT2D eigenvalue weighted by molar-refractivity contribution is 5.93. The number of tetrazole rings is 1. The SMILES string of the molecule is COC(Cn1nnn(C(=O)N(c2ccccc2)C(C)C)c1=O)OC. The van der Waals surface area contributed by atoms with E-state index in [1.807, 2.05) is 32.0 Å². The van der Waals surface area contributed by atoms with Gasteiger partial charge in [0.2, 0.25) is 0 Å². The normalized spacial score (nSPS) is 11.2. The van der Waals surface area contributed by atoms with Crippen molar-refractivity contribution in [3.8, 4) is 0 Å². The van der Waals surface area contributed by atoms with Crippen LogP contribution in [0.4, 0.5) is 10.5 Å². The third-order valence-corrected chi connectivity index (χ3v) is 3.43. The Balaban J connectivity index is 2.32. The lowest BCUT2D eigenvalue weighted by atomic mass is 10.2. The number of anilines is 1. The van der Waals surface area contributed by atoms with Gasteiger partial charge in [0.1, 0.15) is 0 Å². The fourth-order valence-electron chi connectivity index (χ4n) is 2.22. The van der Waals surface area contributed by atoms with Gasteiger partial charge < -0.3 is 9.47 Å². The van der Waals surface area contributed by atoms with Gasteiger partial charge >= 0.3 is 11.7 Å². The van der Waals surface area contributed by atoms with Crippen LogP contribution >= 0.6 is 0 Å². The summed E-state index contributed by atoms with van der Waals surface area (Å²) < 4.78 is 11.8. The van der Waals surface area contributed by atoms with Crippen molar-refractivity contribution in [3.63, 3.8) is 0 Å². The standard InChI is InChI=1S/C15H21N5O4/c1-11(2)19(12-8-6-5-7-9-12)15(22)20-14(21)18(16-17-20)10-13(23-3)24-4/h5-9,11,13H,10H2,1-4H3. The van der Waals surface area contributed by atoms with Gasteiger partial charge in [0, 0.05) is 25.9 Å². The summed E-state index contributed by atoms with van der Waals surface area (Å²) >= 11 is 0. The molecule has 9 nitrogen and oxygen atoms in total. The molecule has 1 aromatic heterocycles. The van der Waals surface area contributed by atoms with Gasteiger partial charge in [-0.15, -0.1) is 4.68 Å². The average Bonchev–Trinajstić information content (AvgIpc) is 2.94. The number of hydrogen-bond acceptors (Lipinski definition) is 6.